The van der Waals surface area contributed by atoms with Crippen LogP contribution in [0, 0.1) is 5.82 Å². The number of halogens is 1. The highest BCUT2D eigenvalue weighted by atomic mass is 19.1. The van der Waals surface area contributed by atoms with Crippen LogP contribution < -0.4 is 5.32 Å². The molecule has 0 spiro atoms. The van der Waals surface area contributed by atoms with E-state index >= 15 is 0 Å². The molecule has 3 rings (SSSR count). The molecule has 0 radical (unpaired) electrons. The molecule has 0 aliphatic carbocycles. The van der Waals surface area contributed by atoms with E-state index < -0.39 is 23.3 Å². The van der Waals surface area contributed by atoms with Gasteiger partial charge in [-0.3, -0.25) is 14.5 Å². The lowest BCUT2D eigenvalue weighted by atomic mass is 9.87. The maximum atomic E-state index is 13.3. The molecule has 1 fully saturated rings. The topological polar surface area (TPSA) is 66.5 Å². The molecule has 1 heterocycles. The number of aryl methyl sites for hydroxylation is 2. The molecule has 2 aromatic rings. The summed E-state index contributed by atoms with van der Waals surface area (Å²) >= 11 is 0. The number of Topliss-reactive ketones (excluding diaryl/α,β-unsaturated/α-hetero) is 1. The number of carbonyl (C=O) groups is 3. The Balaban J connectivity index is 1.90. The number of amides is 3. The van der Waals surface area contributed by atoms with E-state index in [1.165, 1.54) is 24.3 Å². The summed E-state index contributed by atoms with van der Waals surface area (Å²) in [5, 5.41) is 2.72. The van der Waals surface area contributed by atoms with Crippen molar-refractivity contribution in [3.63, 3.8) is 0 Å². The molecule has 1 saturated heterocycles. The van der Waals surface area contributed by atoms with Crippen molar-refractivity contribution in [2.24, 2.45) is 0 Å². The first-order valence-corrected chi connectivity index (χ1v) is 9.91. The van der Waals surface area contributed by atoms with Gasteiger partial charge in [0.1, 0.15) is 11.4 Å². The van der Waals surface area contributed by atoms with Crippen LogP contribution in [0.1, 0.15) is 54.2 Å². The van der Waals surface area contributed by atoms with Gasteiger partial charge in [-0.05, 0) is 54.2 Å². The zero-order valence-corrected chi connectivity index (χ0v) is 16.9. The molecule has 1 aliphatic heterocycles. The average molecular weight is 396 g/mol. The minimum absolute atomic E-state index is 0.272. The van der Waals surface area contributed by atoms with Gasteiger partial charge in [0.05, 0.1) is 6.54 Å². The van der Waals surface area contributed by atoms with Crippen LogP contribution in [0.4, 0.5) is 9.18 Å². The van der Waals surface area contributed by atoms with Crippen LogP contribution in [0.15, 0.2) is 42.5 Å². The Kier molecular flexibility index (Phi) is 5.82. The number of hydrogen-bond donors (Lipinski definition) is 1. The zero-order chi connectivity index (χ0) is 21.2. The van der Waals surface area contributed by atoms with Crippen LogP contribution in [0.25, 0.3) is 0 Å². The van der Waals surface area contributed by atoms with Crippen LogP contribution >= 0.6 is 0 Å². The van der Waals surface area contributed by atoms with Gasteiger partial charge in [-0.2, -0.15) is 0 Å². The largest absolute Gasteiger partial charge is 0.325 e. The van der Waals surface area contributed by atoms with Crippen LogP contribution in [0.3, 0.4) is 0 Å². The molecular formula is C23H25FN2O3. The predicted molar refractivity (Wildman–Crippen MR) is 108 cm³/mol. The van der Waals surface area contributed by atoms with Crippen molar-refractivity contribution in [1.82, 2.24) is 10.2 Å². The van der Waals surface area contributed by atoms with Gasteiger partial charge in [0.2, 0.25) is 0 Å². The molecule has 3 amide bonds. The van der Waals surface area contributed by atoms with E-state index in [0.717, 1.165) is 22.4 Å². The maximum absolute atomic E-state index is 13.3. The van der Waals surface area contributed by atoms with E-state index in [9.17, 15) is 18.8 Å². The highest BCUT2D eigenvalue weighted by Crippen LogP contribution is 2.32. The highest BCUT2D eigenvalue weighted by Gasteiger charge is 2.51. The van der Waals surface area contributed by atoms with Crippen molar-refractivity contribution in [1.29, 1.82) is 0 Å². The second kappa shape index (κ2) is 8.15. The van der Waals surface area contributed by atoms with E-state index in [0.29, 0.717) is 24.0 Å². The van der Waals surface area contributed by atoms with Crippen molar-refractivity contribution >= 4 is 17.7 Å². The van der Waals surface area contributed by atoms with E-state index in [-0.39, 0.29) is 12.3 Å². The van der Waals surface area contributed by atoms with E-state index in [1.54, 1.807) is 6.92 Å². The molecule has 152 valence electrons. The van der Waals surface area contributed by atoms with Gasteiger partial charge in [-0.1, -0.05) is 45.0 Å². The maximum Gasteiger partial charge on any atom is 0.325 e. The summed E-state index contributed by atoms with van der Waals surface area (Å²) in [6, 6.07) is 10.6. The minimum Gasteiger partial charge on any atom is -0.319 e. The quantitative estimate of drug-likeness (QED) is 0.568. The smallest absolute Gasteiger partial charge is 0.319 e. The fraction of sp³-hybridized carbons (Fsp3) is 0.348. The number of nitrogens with one attached hydrogen (secondary N) is 1. The molecule has 1 atom stereocenters. The van der Waals surface area contributed by atoms with Crippen LogP contribution in [-0.2, 0) is 23.2 Å². The van der Waals surface area contributed by atoms with Gasteiger partial charge in [-0.25, -0.2) is 9.18 Å². The van der Waals surface area contributed by atoms with E-state index in [1.807, 2.05) is 32.0 Å². The highest BCUT2D eigenvalue weighted by molar-refractivity contribution is 6.11. The third-order valence-corrected chi connectivity index (χ3v) is 5.61. The molecule has 0 unspecified atom stereocenters. The van der Waals surface area contributed by atoms with Crippen molar-refractivity contribution in [3.05, 3.63) is 70.5 Å². The number of carbonyl (C=O) groups excluding carboxylic acids is 3. The van der Waals surface area contributed by atoms with Crippen molar-refractivity contribution in [2.45, 2.75) is 45.6 Å². The van der Waals surface area contributed by atoms with Gasteiger partial charge in [-0.15, -0.1) is 0 Å². The SMILES string of the molecule is CCc1ccc(CC)c(C(=O)CN2C(=O)N[C@@](CC)(c3ccc(F)cc3)C2=O)c1. The average Bonchev–Trinajstić information content (AvgIpc) is 2.98. The van der Waals surface area contributed by atoms with Gasteiger partial charge < -0.3 is 5.32 Å². The number of imide groups is 1. The Hall–Kier alpha value is -3.02. The molecule has 0 aromatic heterocycles. The second-order valence-electron chi connectivity index (χ2n) is 7.21. The summed E-state index contributed by atoms with van der Waals surface area (Å²) in [6.07, 6.45) is 1.76. The fourth-order valence-corrected chi connectivity index (χ4v) is 3.78. The van der Waals surface area contributed by atoms with Gasteiger partial charge >= 0.3 is 6.03 Å². The standard InChI is InChI=1S/C23H25FN2O3/c1-4-15-7-8-16(5-2)19(13-15)20(27)14-26-21(28)23(6-3,25-22(26)29)17-9-11-18(24)12-10-17/h7-13H,4-6,14H2,1-3H3,(H,25,29)/t23-/m0/s1. The molecular weight excluding hydrogens is 371 g/mol. The zero-order valence-electron chi connectivity index (χ0n) is 16.9. The molecule has 6 heteroatoms. The number of benzene rings is 2. The number of urea groups is 1. The number of hydrogen-bond acceptors (Lipinski definition) is 3. The van der Waals surface area contributed by atoms with Crippen molar-refractivity contribution in [2.75, 3.05) is 6.54 Å². The molecule has 2 aromatic carbocycles. The van der Waals surface area contributed by atoms with Crippen LogP contribution in [-0.4, -0.2) is 29.2 Å². The minimum atomic E-state index is -1.29. The molecule has 1 N–H and O–H groups in total. The molecule has 0 saturated carbocycles. The van der Waals surface area contributed by atoms with Crippen molar-refractivity contribution in [3.8, 4) is 0 Å². The third kappa shape index (κ3) is 3.67. The first-order chi connectivity index (χ1) is 13.9. The molecule has 5 nitrogen and oxygen atoms in total. The number of nitrogens with zero attached hydrogens (tertiary/aromatic N) is 1. The molecule has 29 heavy (non-hydrogen) atoms. The first kappa shape index (κ1) is 20.7. The lowest BCUT2D eigenvalue weighted by Gasteiger charge is -2.25. The third-order valence-electron chi connectivity index (χ3n) is 5.61. The summed E-state index contributed by atoms with van der Waals surface area (Å²) in [4.78, 5) is 39.8. The normalized spacial score (nSPS) is 18.8. The first-order valence-electron chi connectivity index (χ1n) is 9.91. The summed E-state index contributed by atoms with van der Waals surface area (Å²) in [7, 11) is 0. The summed E-state index contributed by atoms with van der Waals surface area (Å²) < 4.78 is 13.3. The van der Waals surface area contributed by atoms with E-state index in [4.69, 9.17) is 0 Å². The fourth-order valence-electron chi connectivity index (χ4n) is 3.78. The van der Waals surface area contributed by atoms with Gasteiger partial charge in [0, 0.05) is 5.56 Å². The predicted octanol–water partition coefficient (Wildman–Crippen LogP) is 3.99. The van der Waals surface area contributed by atoms with Gasteiger partial charge in [0.15, 0.2) is 5.78 Å². The van der Waals surface area contributed by atoms with Gasteiger partial charge in [0.25, 0.3) is 5.91 Å². The molecule has 1 aliphatic rings. The Bertz CT molecular complexity index is 955. The summed E-state index contributed by atoms with van der Waals surface area (Å²) in [5.41, 5.74) is 1.67. The second-order valence-corrected chi connectivity index (χ2v) is 7.21. The molecule has 0 bridgehead atoms. The Morgan fingerprint density at radius 3 is 2.31 bits per heavy atom. The van der Waals surface area contributed by atoms with Crippen LogP contribution in [0.5, 0.6) is 0 Å². The Morgan fingerprint density at radius 2 is 1.72 bits per heavy atom. The summed E-state index contributed by atoms with van der Waals surface area (Å²) in [6.45, 7) is 5.41. The lowest BCUT2D eigenvalue weighted by Crippen LogP contribution is -2.43. The monoisotopic (exact) mass is 396 g/mol. The summed E-state index contributed by atoms with van der Waals surface area (Å²) in [5.74, 6) is -1.19. The van der Waals surface area contributed by atoms with Crippen LogP contribution in [0.2, 0.25) is 0 Å². The number of rotatable bonds is 7. The number of ketones is 1. The lowest BCUT2D eigenvalue weighted by molar-refractivity contribution is -0.131. The van der Waals surface area contributed by atoms with E-state index in [2.05, 4.69) is 5.32 Å². The Morgan fingerprint density at radius 1 is 1.03 bits per heavy atom. The van der Waals surface area contributed by atoms with Crippen molar-refractivity contribution < 1.29 is 18.8 Å². The Labute approximate surface area is 169 Å².